The summed E-state index contributed by atoms with van der Waals surface area (Å²) in [6.45, 7) is 5.62. The van der Waals surface area contributed by atoms with Crippen LogP contribution < -0.4 is 10.6 Å². The number of thiophene rings is 1. The van der Waals surface area contributed by atoms with Crippen LogP contribution in [0.3, 0.4) is 0 Å². The van der Waals surface area contributed by atoms with Crippen LogP contribution in [0.15, 0.2) is 47.9 Å². The molecular weight excluding hydrogens is 446 g/mol. The van der Waals surface area contributed by atoms with Crippen LogP contribution in [0.1, 0.15) is 46.3 Å². The molecular formula is C23H27N3O4S2. The quantitative estimate of drug-likeness (QED) is 0.629. The highest BCUT2D eigenvalue weighted by Gasteiger charge is 2.34. The second-order valence-corrected chi connectivity index (χ2v) is 11.3. The first-order valence-corrected chi connectivity index (χ1v) is 13.0. The van der Waals surface area contributed by atoms with Crippen LogP contribution in [-0.2, 0) is 27.7 Å². The molecule has 2 N–H and O–H groups in total. The molecule has 1 fully saturated rings. The van der Waals surface area contributed by atoms with E-state index in [1.807, 2.05) is 13.0 Å². The van der Waals surface area contributed by atoms with Crippen molar-refractivity contribution in [2.75, 3.05) is 11.9 Å². The van der Waals surface area contributed by atoms with E-state index in [0.717, 1.165) is 19.3 Å². The van der Waals surface area contributed by atoms with Gasteiger partial charge in [-0.2, -0.15) is 4.31 Å². The highest BCUT2D eigenvalue weighted by atomic mass is 32.2. The number of hydrogen-bond acceptors (Lipinski definition) is 5. The van der Waals surface area contributed by atoms with Crippen molar-refractivity contribution in [3.8, 4) is 0 Å². The van der Waals surface area contributed by atoms with Gasteiger partial charge in [-0.1, -0.05) is 6.58 Å². The lowest BCUT2D eigenvalue weighted by atomic mass is 10.0. The molecule has 1 aromatic carbocycles. The number of nitrogens with zero attached hydrogens (tertiary/aromatic N) is 1. The fraction of sp³-hybridized carbons (Fsp3) is 0.391. The normalized spacial score (nSPS) is 21.0. The van der Waals surface area contributed by atoms with E-state index in [4.69, 9.17) is 0 Å². The number of piperidine rings is 1. The first-order chi connectivity index (χ1) is 15.3. The molecule has 0 saturated carbocycles. The third-order valence-electron chi connectivity index (χ3n) is 6.04. The highest BCUT2D eigenvalue weighted by Crippen LogP contribution is 2.31. The van der Waals surface area contributed by atoms with Crippen LogP contribution in [0, 0.1) is 0 Å². The van der Waals surface area contributed by atoms with E-state index in [-0.39, 0.29) is 28.8 Å². The highest BCUT2D eigenvalue weighted by molar-refractivity contribution is 7.89. The molecule has 2 aromatic rings. The zero-order chi connectivity index (χ0) is 22.9. The minimum absolute atomic E-state index is 0.0711. The maximum Gasteiger partial charge on any atom is 0.265 e. The smallest absolute Gasteiger partial charge is 0.265 e. The van der Waals surface area contributed by atoms with Crippen LogP contribution in [0.2, 0.25) is 0 Å². The van der Waals surface area contributed by atoms with E-state index in [1.54, 1.807) is 12.1 Å². The number of anilines is 1. The maximum atomic E-state index is 13.2. The molecule has 7 nitrogen and oxygen atoms in total. The Labute approximate surface area is 192 Å². The van der Waals surface area contributed by atoms with Crippen molar-refractivity contribution in [3.63, 3.8) is 0 Å². The standard InChI is InChI=1S/C23H27N3O4S2/c1-3-22(27)24-18-11-12-26(15(2)13-18)32(29,30)19-9-7-17(8-10-19)25-23(28)21-14-16-5-4-6-20(16)31-21/h3,7-10,14-15,18H,1,4-6,11-13H2,2H3,(H,24,27)(H,25,28). The van der Waals surface area contributed by atoms with Gasteiger partial charge >= 0.3 is 0 Å². The molecule has 4 rings (SSSR count). The average Bonchev–Trinajstić information content (AvgIpc) is 3.36. The van der Waals surface area contributed by atoms with Gasteiger partial charge in [0.15, 0.2) is 0 Å². The SMILES string of the molecule is C=CC(=O)NC1CCN(S(=O)(=O)c2ccc(NC(=O)c3cc4c(s3)CCC4)cc2)C(C)C1. The molecule has 32 heavy (non-hydrogen) atoms. The number of aryl methyl sites for hydroxylation is 2. The van der Waals surface area contributed by atoms with Gasteiger partial charge in [0.05, 0.1) is 9.77 Å². The van der Waals surface area contributed by atoms with E-state index < -0.39 is 10.0 Å². The predicted molar refractivity (Wildman–Crippen MR) is 125 cm³/mol. The lowest BCUT2D eigenvalue weighted by Crippen LogP contribution is -2.50. The van der Waals surface area contributed by atoms with Crippen LogP contribution in [-0.4, -0.2) is 43.2 Å². The van der Waals surface area contributed by atoms with E-state index >= 15 is 0 Å². The Kier molecular flexibility index (Phi) is 6.50. The van der Waals surface area contributed by atoms with Crippen molar-refractivity contribution in [1.82, 2.24) is 9.62 Å². The number of hydrogen-bond donors (Lipinski definition) is 2. The Morgan fingerprint density at radius 3 is 2.62 bits per heavy atom. The Hall–Kier alpha value is -2.49. The largest absolute Gasteiger partial charge is 0.350 e. The van der Waals surface area contributed by atoms with Gasteiger partial charge in [-0.3, -0.25) is 9.59 Å². The van der Waals surface area contributed by atoms with Crippen molar-refractivity contribution >= 4 is 38.9 Å². The summed E-state index contributed by atoms with van der Waals surface area (Å²) in [6.07, 6.45) is 5.52. The van der Waals surface area contributed by atoms with Gasteiger partial charge in [0.2, 0.25) is 15.9 Å². The van der Waals surface area contributed by atoms with E-state index in [2.05, 4.69) is 17.2 Å². The topological polar surface area (TPSA) is 95.6 Å². The number of sulfonamides is 1. The van der Waals surface area contributed by atoms with Crippen molar-refractivity contribution in [2.24, 2.45) is 0 Å². The third kappa shape index (κ3) is 4.65. The molecule has 1 aliphatic carbocycles. The summed E-state index contributed by atoms with van der Waals surface area (Å²) in [5.41, 5.74) is 1.82. The maximum absolute atomic E-state index is 13.2. The molecule has 2 atom stereocenters. The summed E-state index contributed by atoms with van der Waals surface area (Å²) in [6, 6.07) is 7.93. The second kappa shape index (κ2) is 9.17. The number of carbonyl (C=O) groups is 2. The molecule has 1 aliphatic heterocycles. The Bertz CT molecular complexity index is 1120. The van der Waals surface area contributed by atoms with Crippen LogP contribution >= 0.6 is 11.3 Å². The lowest BCUT2D eigenvalue weighted by molar-refractivity contribution is -0.117. The average molecular weight is 474 g/mol. The molecule has 2 heterocycles. The first-order valence-electron chi connectivity index (χ1n) is 10.8. The summed E-state index contributed by atoms with van der Waals surface area (Å²) in [7, 11) is -3.67. The number of carbonyl (C=O) groups excluding carboxylic acids is 2. The summed E-state index contributed by atoms with van der Waals surface area (Å²) in [4.78, 5) is 26.3. The van der Waals surface area contributed by atoms with Crippen molar-refractivity contribution in [2.45, 2.75) is 56.0 Å². The van der Waals surface area contributed by atoms with Gasteiger partial charge in [0.25, 0.3) is 5.91 Å². The van der Waals surface area contributed by atoms with Crippen LogP contribution in [0.4, 0.5) is 5.69 Å². The Morgan fingerprint density at radius 2 is 1.97 bits per heavy atom. The van der Waals surface area contributed by atoms with Gasteiger partial charge < -0.3 is 10.6 Å². The van der Waals surface area contributed by atoms with Crippen LogP contribution in [0.5, 0.6) is 0 Å². The first kappa shape index (κ1) is 22.7. The molecule has 1 aromatic heterocycles. The molecule has 170 valence electrons. The molecule has 2 unspecified atom stereocenters. The van der Waals surface area contributed by atoms with Crippen molar-refractivity contribution in [1.29, 1.82) is 0 Å². The minimum Gasteiger partial charge on any atom is -0.350 e. The second-order valence-electron chi connectivity index (χ2n) is 8.29. The van der Waals surface area contributed by atoms with E-state index in [0.29, 0.717) is 30.0 Å². The zero-order valence-corrected chi connectivity index (χ0v) is 19.6. The fourth-order valence-electron chi connectivity index (χ4n) is 4.38. The van der Waals surface area contributed by atoms with Gasteiger partial charge in [-0.25, -0.2) is 8.42 Å². The predicted octanol–water partition coefficient (Wildman–Crippen LogP) is 3.33. The molecule has 1 saturated heterocycles. The number of amides is 2. The van der Waals surface area contributed by atoms with Gasteiger partial charge in [0.1, 0.15) is 0 Å². The monoisotopic (exact) mass is 473 g/mol. The Balaban J connectivity index is 1.40. The molecule has 0 radical (unpaired) electrons. The van der Waals surface area contributed by atoms with Crippen molar-refractivity contribution in [3.05, 3.63) is 58.3 Å². The van der Waals surface area contributed by atoms with Gasteiger partial charge in [-0.15, -0.1) is 11.3 Å². The summed E-state index contributed by atoms with van der Waals surface area (Å²) in [5, 5.41) is 5.70. The molecule has 2 aliphatic rings. The fourth-order valence-corrected chi connectivity index (χ4v) is 7.18. The number of benzene rings is 1. The number of fused-ring (bicyclic) bond motifs is 1. The van der Waals surface area contributed by atoms with E-state index in [9.17, 15) is 18.0 Å². The summed E-state index contributed by atoms with van der Waals surface area (Å²) >= 11 is 1.53. The van der Waals surface area contributed by atoms with Gasteiger partial charge in [-0.05, 0) is 81.0 Å². The number of rotatable bonds is 6. The molecule has 0 spiro atoms. The van der Waals surface area contributed by atoms with Crippen LogP contribution in [0.25, 0.3) is 0 Å². The summed E-state index contributed by atoms with van der Waals surface area (Å²) in [5.74, 6) is -0.416. The van der Waals surface area contributed by atoms with Gasteiger partial charge in [0, 0.05) is 29.2 Å². The Morgan fingerprint density at radius 1 is 1.22 bits per heavy atom. The third-order valence-corrected chi connectivity index (χ3v) is 9.30. The molecule has 2 amide bonds. The number of nitrogens with one attached hydrogen (secondary N) is 2. The zero-order valence-electron chi connectivity index (χ0n) is 18.0. The van der Waals surface area contributed by atoms with Crippen molar-refractivity contribution < 1.29 is 18.0 Å². The minimum atomic E-state index is -3.67. The lowest BCUT2D eigenvalue weighted by Gasteiger charge is -2.36. The molecule has 9 heteroatoms. The molecule has 0 bridgehead atoms. The van der Waals surface area contributed by atoms with E-state index in [1.165, 1.54) is 44.3 Å². The summed E-state index contributed by atoms with van der Waals surface area (Å²) < 4.78 is 27.8.